The van der Waals surface area contributed by atoms with Gasteiger partial charge in [-0.1, -0.05) is 42.5 Å². The van der Waals surface area contributed by atoms with Gasteiger partial charge in [0.25, 0.3) is 0 Å². The molecular formula is C14H22Cl3N3O5S2. The minimum Gasteiger partial charge on any atom is -0.397 e. The molecule has 1 aromatic rings. The fraction of sp³-hybridized carbons (Fsp3) is 0.571. The van der Waals surface area contributed by atoms with E-state index < -0.39 is 20.3 Å². The summed E-state index contributed by atoms with van der Waals surface area (Å²) in [6, 6.07) is 2.22. The van der Waals surface area contributed by atoms with Crippen molar-refractivity contribution in [2.75, 3.05) is 18.9 Å². The molecule has 0 aromatic heterocycles. The summed E-state index contributed by atoms with van der Waals surface area (Å²) in [5.41, 5.74) is 5.71. The van der Waals surface area contributed by atoms with Crippen molar-refractivity contribution in [3.63, 3.8) is 0 Å². The summed E-state index contributed by atoms with van der Waals surface area (Å²) in [4.78, 5) is -0.249. The average molecular weight is 483 g/mol. The molecule has 4 N–H and O–H groups in total. The Bertz CT molecular complexity index is 844. The van der Waals surface area contributed by atoms with Gasteiger partial charge in [-0.25, -0.2) is 13.1 Å². The van der Waals surface area contributed by atoms with Crippen molar-refractivity contribution in [1.29, 1.82) is 0 Å². The van der Waals surface area contributed by atoms with E-state index in [-0.39, 0.29) is 52.2 Å². The topological polar surface area (TPSA) is 128 Å². The highest BCUT2D eigenvalue weighted by Crippen LogP contribution is 2.29. The van der Waals surface area contributed by atoms with E-state index in [2.05, 4.69) is 9.44 Å². The predicted octanol–water partition coefficient (Wildman–Crippen LogP) is 2.46. The molecule has 1 aliphatic carbocycles. The van der Waals surface area contributed by atoms with Crippen molar-refractivity contribution in [2.24, 2.45) is 0 Å². The lowest BCUT2D eigenvalue weighted by Gasteiger charge is -2.22. The fourth-order valence-electron chi connectivity index (χ4n) is 2.61. The fourth-order valence-corrected chi connectivity index (χ4v) is 5.43. The van der Waals surface area contributed by atoms with Gasteiger partial charge in [0.15, 0.2) is 0 Å². The highest BCUT2D eigenvalue weighted by Gasteiger charge is 2.22. The molecule has 0 atom stereocenters. The molecule has 13 heteroatoms. The first-order valence-corrected chi connectivity index (χ1v) is 11.7. The summed E-state index contributed by atoms with van der Waals surface area (Å²) < 4.78 is 57.7. The molecule has 0 aliphatic heterocycles. The Labute approximate surface area is 175 Å². The molecule has 1 fully saturated rings. The number of halogens is 3. The minimum atomic E-state index is -3.99. The number of benzene rings is 1. The number of sulfonamides is 1. The van der Waals surface area contributed by atoms with Gasteiger partial charge in [0.1, 0.15) is 4.90 Å². The Kier molecular flexibility index (Phi) is 9.56. The molecule has 0 unspecified atom stereocenters. The van der Waals surface area contributed by atoms with Crippen molar-refractivity contribution in [3.8, 4) is 0 Å². The average Bonchev–Trinajstić information content (AvgIpc) is 2.55. The molecule has 156 valence electrons. The normalized spacial score (nSPS) is 16.1. The Morgan fingerprint density at radius 1 is 1.07 bits per heavy atom. The van der Waals surface area contributed by atoms with Crippen LogP contribution in [-0.4, -0.2) is 36.0 Å². The van der Waals surface area contributed by atoms with Gasteiger partial charge in [0.2, 0.25) is 10.0 Å². The molecule has 0 radical (unpaired) electrons. The second-order valence-corrected chi connectivity index (χ2v) is 9.86. The zero-order valence-corrected chi connectivity index (χ0v) is 18.2. The Hall–Kier alpha value is -0.330. The van der Waals surface area contributed by atoms with Crippen LogP contribution in [-0.2, 0) is 24.5 Å². The van der Waals surface area contributed by atoms with Crippen LogP contribution in [0.2, 0.25) is 10.0 Å². The first-order chi connectivity index (χ1) is 12.1. The largest absolute Gasteiger partial charge is 0.397 e. The Balaban J connectivity index is 0.00000364. The van der Waals surface area contributed by atoms with Crippen LogP contribution in [0.25, 0.3) is 0 Å². The van der Waals surface area contributed by atoms with E-state index >= 15 is 0 Å². The van der Waals surface area contributed by atoms with Crippen LogP contribution in [0.1, 0.15) is 32.1 Å². The maximum absolute atomic E-state index is 12.2. The highest BCUT2D eigenvalue weighted by molar-refractivity contribution is 7.89. The standard InChI is InChI=1S/C14H21Cl2N3O5S2.ClH/c15-11-9-14(12(16)8-13(11)17)25(20,21)18-6-7-24-26(22,23)19-10-4-2-1-3-5-10;/h8-10,18-19H,1-7,17H2;1H. The van der Waals surface area contributed by atoms with Crippen molar-refractivity contribution < 1.29 is 21.0 Å². The van der Waals surface area contributed by atoms with Crippen LogP contribution in [0.5, 0.6) is 0 Å². The number of anilines is 1. The van der Waals surface area contributed by atoms with Crippen LogP contribution in [0.3, 0.4) is 0 Å². The number of hydrogen-bond acceptors (Lipinski definition) is 6. The van der Waals surface area contributed by atoms with Crippen molar-refractivity contribution >= 4 is 61.6 Å². The van der Waals surface area contributed by atoms with Gasteiger partial charge in [-0.15, -0.1) is 12.4 Å². The number of nitrogens with one attached hydrogen (secondary N) is 2. The van der Waals surface area contributed by atoms with Crippen molar-refractivity contribution in [1.82, 2.24) is 9.44 Å². The quantitative estimate of drug-likeness (QED) is 0.386. The van der Waals surface area contributed by atoms with Crippen LogP contribution in [0.4, 0.5) is 5.69 Å². The summed E-state index contributed by atoms with van der Waals surface area (Å²) in [6.45, 7) is -0.617. The van der Waals surface area contributed by atoms with E-state index in [1.807, 2.05) is 0 Å². The van der Waals surface area contributed by atoms with Gasteiger partial charge >= 0.3 is 10.3 Å². The third-order valence-corrected chi connectivity index (χ3v) is 7.24. The highest BCUT2D eigenvalue weighted by atomic mass is 35.5. The molecule has 0 amide bonds. The van der Waals surface area contributed by atoms with E-state index in [0.717, 1.165) is 38.2 Å². The maximum atomic E-state index is 12.2. The van der Waals surface area contributed by atoms with E-state index in [0.29, 0.717) is 0 Å². The second kappa shape index (κ2) is 10.4. The van der Waals surface area contributed by atoms with Crippen LogP contribution >= 0.6 is 35.6 Å². The SMILES string of the molecule is Cl.Nc1cc(Cl)c(S(=O)(=O)NCCOS(=O)(=O)NC2CCCCC2)cc1Cl. The molecule has 1 aliphatic rings. The van der Waals surface area contributed by atoms with E-state index in [1.165, 1.54) is 6.07 Å². The lowest BCUT2D eigenvalue weighted by atomic mass is 9.96. The lowest BCUT2D eigenvalue weighted by molar-refractivity contribution is 0.303. The van der Waals surface area contributed by atoms with Gasteiger partial charge in [-0.05, 0) is 25.0 Å². The van der Waals surface area contributed by atoms with Gasteiger partial charge < -0.3 is 5.73 Å². The van der Waals surface area contributed by atoms with Crippen LogP contribution in [0, 0.1) is 0 Å². The van der Waals surface area contributed by atoms with Crippen molar-refractivity contribution in [3.05, 3.63) is 22.2 Å². The number of hydrogen-bond donors (Lipinski definition) is 3. The molecule has 0 spiro atoms. The summed E-state index contributed by atoms with van der Waals surface area (Å²) in [6.07, 6.45) is 4.57. The van der Waals surface area contributed by atoms with Crippen molar-refractivity contribution in [2.45, 2.75) is 43.0 Å². The molecule has 8 nitrogen and oxygen atoms in total. The van der Waals surface area contributed by atoms with E-state index in [4.69, 9.17) is 33.1 Å². The molecule has 27 heavy (non-hydrogen) atoms. The molecule has 1 aromatic carbocycles. The lowest BCUT2D eigenvalue weighted by Crippen LogP contribution is -2.38. The molecule has 0 saturated heterocycles. The summed E-state index contributed by atoms with van der Waals surface area (Å²) >= 11 is 11.7. The van der Waals surface area contributed by atoms with E-state index in [1.54, 1.807) is 0 Å². The van der Waals surface area contributed by atoms with Gasteiger partial charge in [-0.3, -0.25) is 4.18 Å². The third-order valence-electron chi connectivity index (χ3n) is 3.89. The first kappa shape index (κ1) is 24.7. The van der Waals surface area contributed by atoms with Gasteiger partial charge in [-0.2, -0.15) is 13.1 Å². The monoisotopic (exact) mass is 481 g/mol. The molecular weight excluding hydrogens is 461 g/mol. The molecule has 0 bridgehead atoms. The smallest absolute Gasteiger partial charge is 0.336 e. The maximum Gasteiger partial charge on any atom is 0.336 e. The predicted molar refractivity (Wildman–Crippen MR) is 108 cm³/mol. The number of rotatable bonds is 8. The molecule has 2 rings (SSSR count). The summed E-state index contributed by atoms with van der Waals surface area (Å²) in [5, 5.41) is -0.0443. The summed E-state index contributed by atoms with van der Waals surface area (Å²) in [7, 11) is -7.92. The number of nitrogen functional groups attached to an aromatic ring is 1. The van der Waals surface area contributed by atoms with Crippen LogP contribution in [0.15, 0.2) is 17.0 Å². The third kappa shape index (κ3) is 7.54. The Morgan fingerprint density at radius 3 is 2.33 bits per heavy atom. The van der Waals surface area contributed by atoms with Gasteiger partial charge in [0.05, 0.1) is 22.3 Å². The zero-order valence-electron chi connectivity index (χ0n) is 14.3. The second-order valence-electron chi connectivity index (χ2n) is 5.93. The first-order valence-electron chi connectivity index (χ1n) is 8.01. The number of nitrogens with two attached hydrogens (primary N) is 1. The molecule has 0 heterocycles. The zero-order chi connectivity index (χ0) is 19.4. The molecule has 1 saturated carbocycles. The van der Waals surface area contributed by atoms with Crippen LogP contribution < -0.4 is 15.2 Å². The minimum absolute atomic E-state index is 0. The van der Waals surface area contributed by atoms with Gasteiger partial charge in [0, 0.05) is 12.6 Å². The summed E-state index contributed by atoms with van der Waals surface area (Å²) in [5.74, 6) is 0. The van der Waals surface area contributed by atoms with E-state index in [9.17, 15) is 16.8 Å². The Morgan fingerprint density at radius 2 is 1.70 bits per heavy atom.